The number of aliphatic hydroxyl groups excluding tert-OH is 2. The van der Waals surface area contributed by atoms with Crippen LogP contribution in [0.2, 0.25) is 0 Å². The van der Waals surface area contributed by atoms with Crippen molar-refractivity contribution >= 4 is 0 Å². The van der Waals surface area contributed by atoms with E-state index in [1.807, 2.05) is 30.3 Å². The number of ether oxygens (including phenoxy) is 1. The molecule has 1 aliphatic heterocycles. The van der Waals surface area contributed by atoms with Crippen LogP contribution in [0.1, 0.15) is 12.0 Å². The Bertz CT molecular complexity index is 386. The van der Waals surface area contributed by atoms with E-state index in [0.29, 0.717) is 19.6 Å². The minimum absolute atomic E-state index is 0.0577. The van der Waals surface area contributed by atoms with E-state index in [0.717, 1.165) is 5.56 Å². The van der Waals surface area contributed by atoms with E-state index in [4.69, 9.17) is 4.74 Å². The smallest absolute Gasteiger partial charge is 0.112 e. The van der Waals surface area contributed by atoms with Crippen molar-refractivity contribution in [2.24, 2.45) is 0 Å². The topological polar surface area (TPSA) is 82.0 Å². The molecule has 2 rings (SSSR count). The molecule has 0 saturated carbocycles. The van der Waals surface area contributed by atoms with Gasteiger partial charge in [0.25, 0.3) is 0 Å². The highest BCUT2D eigenvalue weighted by atomic mass is 16.5. The van der Waals surface area contributed by atoms with Gasteiger partial charge in [-0.05, 0) is 5.56 Å². The van der Waals surface area contributed by atoms with E-state index in [1.54, 1.807) is 0 Å². The Morgan fingerprint density at radius 3 is 2.74 bits per heavy atom. The summed E-state index contributed by atoms with van der Waals surface area (Å²) in [5.41, 5.74) is -0.254. The summed E-state index contributed by atoms with van der Waals surface area (Å²) in [6.45, 7) is 1.20. The molecule has 0 aliphatic carbocycles. The third kappa shape index (κ3) is 3.75. The summed E-state index contributed by atoms with van der Waals surface area (Å²) < 4.78 is 5.14. The SMILES string of the molecule is O[C@@H]1COCC[C@@](O)(CNCc2ccccc2)[C@H]1O. The van der Waals surface area contributed by atoms with E-state index in [-0.39, 0.29) is 13.2 Å². The molecule has 0 radical (unpaired) electrons. The molecule has 3 atom stereocenters. The fourth-order valence-electron chi connectivity index (χ4n) is 2.26. The molecule has 0 unspecified atom stereocenters. The molecule has 1 heterocycles. The summed E-state index contributed by atoms with van der Waals surface area (Å²) in [5, 5.41) is 33.1. The molecule has 1 aliphatic rings. The van der Waals surface area contributed by atoms with Gasteiger partial charge in [0, 0.05) is 26.1 Å². The molecule has 1 fully saturated rings. The Hall–Kier alpha value is -0.980. The number of hydrogen-bond donors (Lipinski definition) is 4. The van der Waals surface area contributed by atoms with Gasteiger partial charge in [0.2, 0.25) is 0 Å². The van der Waals surface area contributed by atoms with E-state index < -0.39 is 17.8 Å². The lowest BCUT2D eigenvalue weighted by molar-refractivity contribution is -0.119. The van der Waals surface area contributed by atoms with Crippen molar-refractivity contribution in [3.63, 3.8) is 0 Å². The normalized spacial score (nSPS) is 31.9. The van der Waals surface area contributed by atoms with Gasteiger partial charge in [-0.1, -0.05) is 30.3 Å². The van der Waals surface area contributed by atoms with Crippen LogP contribution in [-0.2, 0) is 11.3 Å². The first-order valence-corrected chi connectivity index (χ1v) is 6.53. The number of rotatable bonds is 4. The summed E-state index contributed by atoms with van der Waals surface area (Å²) in [6.07, 6.45) is -1.95. The molecule has 5 heteroatoms. The van der Waals surface area contributed by atoms with Crippen LogP contribution in [0.4, 0.5) is 0 Å². The molecule has 1 aromatic rings. The van der Waals surface area contributed by atoms with Gasteiger partial charge in [0.05, 0.1) is 6.61 Å². The second kappa shape index (κ2) is 6.45. The molecule has 0 bridgehead atoms. The third-order valence-corrected chi connectivity index (χ3v) is 3.49. The molecular formula is C14H21NO4. The van der Waals surface area contributed by atoms with Crippen LogP contribution in [-0.4, -0.2) is 52.9 Å². The van der Waals surface area contributed by atoms with Crippen LogP contribution in [0.5, 0.6) is 0 Å². The number of aliphatic hydroxyl groups is 3. The Balaban J connectivity index is 1.89. The van der Waals surface area contributed by atoms with Crippen LogP contribution >= 0.6 is 0 Å². The number of nitrogens with one attached hydrogen (secondary N) is 1. The number of hydrogen-bond acceptors (Lipinski definition) is 5. The molecule has 5 nitrogen and oxygen atoms in total. The summed E-state index contributed by atoms with van der Waals surface area (Å²) in [6, 6.07) is 9.81. The maximum absolute atomic E-state index is 10.4. The van der Waals surface area contributed by atoms with Gasteiger partial charge in [0.1, 0.15) is 17.8 Å². The summed E-state index contributed by atoms with van der Waals surface area (Å²) >= 11 is 0. The summed E-state index contributed by atoms with van der Waals surface area (Å²) in [4.78, 5) is 0. The fourth-order valence-corrected chi connectivity index (χ4v) is 2.26. The highest BCUT2D eigenvalue weighted by Crippen LogP contribution is 2.21. The molecule has 1 saturated heterocycles. The largest absolute Gasteiger partial charge is 0.388 e. The van der Waals surface area contributed by atoms with Crippen molar-refractivity contribution in [1.82, 2.24) is 5.32 Å². The molecule has 0 aromatic heterocycles. The van der Waals surface area contributed by atoms with Crippen LogP contribution in [0, 0.1) is 0 Å². The maximum atomic E-state index is 10.4. The average molecular weight is 267 g/mol. The van der Waals surface area contributed by atoms with Crippen molar-refractivity contribution in [1.29, 1.82) is 0 Å². The van der Waals surface area contributed by atoms with Crippen molar-refractivity contribution in [3.05, 3.63) is 35.9 Å². The van der Waals surface area contributed by atoms with Gasteiger partial charge in [-0.25, -0.2) is 0 Å². The van der Waals surface area contributed by atoms with Gasteiger partial charge in [0.15, 0.2) is 0 Å². The Labute approximate surface area is 112 Å². The lowest BCUT2D eigenvalue weighted by Crippen LogP contribution is -2.54. The quantitative estimate of drug-likeness (QED) is 0.599. The molecule has 4 N–H and O–H groups in total. The first kappa shape index (κ1) is 14.4. The van der Waals surface area contributed by atoms with E-state index >= 15 is 0 Å². The predicted molar refractivity (Wildman–Crippen MR) is 70.5 cm³/mol. The van der Waals surface area contributed by atoms with Crippen molar-refractivity contribution in [2.75, 3.05) is 19.8 Å². The first-order chi connectivity index (χ1) is 9.12. The van der Waals surface area contributed by atoms with Crippen LogP contribution in [0.15, 0.2) is 30.3 Å². The number of benzene rings is 1. The van der Waals surface area contributed by atoms with E-state index in [9.17, 15) is 15.3 Å². The van der Waals surface area contributed by atoms with Crippen LogP contribution in [0.3, 0.4) is 0 Å². The Morgan fingerprint density at radius 2 is 2.00 bits per heavy atom. The minimum Gasteiger partial charge on any atom is -0.388 e. The molecular weight excluding hydrogens is 246 g/mol. The van der Waals surface area contributed by atoms with Crippen molar-refractivity contribution in [2.45, 2.75) is 30.8 Å². The maximum Gasteiger partial charge on any atom is 0.112 e. The fraction of sp³-hybridized carbons (Fsp3) is 0.571. The lowest BCUT2D eigenvalue weighted by atomic mass is 9.90. The third-order valence-electron chi connectivity index (χ3n) is 3.49. The van der Waals surface area contributed by atoms with Gasteiger partial charge in [-0.3, -0.25) is 0 Å². The second-order valence-electron chi connectivity index (χ2n) is 5.03. The van der Waals surface area contributed by atoms with Gasteiger partial charge in [-0.2, -0.15) is 0 Å². The minimum atomic E-state index is -1.36. The lowest BCUT2D eigenvalue weighted by Gasteiger charge is -2.33. The van der Waals surface area contributed by atoms with E-state index in [2.05, 4.69) is 5.32 Å². The molecule has 0 spiro atoms. The van der Waals surface area contributed by atoms with E-state index in [1.165, 1.54) is 0 Å². The Morgan fingerprint density at radius 1 is 1.26 bits per heavy atom. The molecule has 0 amide bonds. The highest BCUT2D eigenvalue weighted by Gasteiger charge is 2.41. The van der Waals surface area contributed by atoms with Crippen molar-refractivity contribution in [3.8, 4) is 0 Å². The molecule has 1 aromatic carbocycles. The Kier molecular flexibility index (Phi) is 4.90. The first-order valence-electron chi connectivity index (χ1n) is 6.53. The van der Waals surface area contributed by atoms with Gasteiger partial charge >= 0.3 is 0 Å². The highest BCUT2D eigenvalue weighted by molar-refractivity contribution is 5.14. The second-order valence-corrected chi connectivity index (χ2v) is 5.03. The standard InChI is InChI=1S/C14H21NO4/c16-12-9-19-7-6-14(18,13(12)17)10-15-8-11-4-2-1-3-5-11/h1-5,12-13,15-18H,6-10H2/t12-,13+,14-/m1/s1. The predicted octanol–water partition coefficient (Wildman–Crippen LogP) is -0.351. The summed E-state index contributed by atoms with van der Waals surface area (Å²) in [5.74, 6) is 0. The van der Waals surface area contributed by atoms with Gasteiger partial charge in [-0.15, -0.1) is 0 Å². The van der Waals surface area contributed by atoms with Gasteiger partial charge < -0.3 is 25.4 Å². The van der Waals surface area contributed by atoms with Crippen molar-refractivity contribution < 1.29 is 20.1 Å². The molecule has 19 heavy (non-hydrogen) atoms. The zero-order valence-electron chi connectivity index (χ0n) is 10.8. The van der Waals surface area contributed by atoms with Crippen LogP contribution in [0.25, 0.3) is 0 Å². The molecule has 106 valence electrons. The zero-order valence-corrected chi connectivity index (χ0v) is 10.8. The van der Waals surface area contributed by atoms with Crippen LogP contribution < -0.4 is 5.32 Å². The average Bonchev–Trinajstić information content (AvgIpc) is 2.54. The summed E-state index contributed by atoms with van der Waals surface area (Å²) in [7, 11) is 0. The zero-order chi connectivity index (χ0) is 13.7. The monoisotopic (exact) mass is 267 g/mol.